The van der Waals surface area contributed by atoms with Crippen LogP contribution in [0.4, 0.5) is 0 Å². The van der Waals surface area contributed by atoms with Gasteiger partial charge in [-0.1, -0.05) is 93.9 Å². The lowest BCUT2D eigenvalue weighted by molar-refractivity contribution is 0.907. The number of allylic oxidation sites excluding steroid dienone is 7. The van der Waals surface area contributed by atoms with Crippen molar-refractivity contribution in [3.05, 3.63) is 106 Å². The molecule has 0 aliphatic heterocycles. The largest absolute Gasteiger partial charge is 0.103 e. The maximum atomic E-state index is 4.12. The van der Waals surface area contributed by atoms with Gasteiger partial charge in [0.15, 0.2) is 0 Å². The number of rotatable bonds is 9. The van der Waals surface area contributed by atoms with Crippen molar-refractivity contribution in [1.29, 1.82) is 0 Å². The van der Waals surface area contributed by atoms with Crippen LogP contribution in [-0.4, -0.2) is 0 Å². The van der Waals surface area contributed by atoms with E-state index >= 15 is 0 Å². The summed E-state index contributed by atoms with van der Waals surface area (Å²) in [7, 11) is 0. The van der Waals surface area contributed by atoms with Gasteiger partial charge in [-0.3, -0.25) is 0 Å². The Morgan fingerprint density at radius 1 is 0.677 bits per heavy atom. The molecule has 31 heavy (non-hydrogen) atoms. The van der Waals surface area contributed by atoms with Gasteiger partial charge in [-0.05, 0) is 89.5 Å². The second kappa shape index (κ2) is 11.1. The first-order chi connectivity index (χ1) is 15.2. The van der Waals surface area contributed by atoms with Crippen molar-refractivity contribution < 1.29 is 0 Å². The van der Waals surface area contributed by atoms with E-state index in [1.807, 2.05) is 0 Å². The smallest absolute Gasteiger partial charge is 0.0106 e. The van der Waals surface area contributed by atoms with Crippen molar-refractivity contribution in [2.45, 2.75) is 72.6 Å². The quantitative estimate of drug-likeness (QED) is 0.361. The van der Waals surface area contributed by atoms with Crippen LogP contribution in [0.2, 0.25) is 0 Å². The Balaban J connectivity index is 2.29. The third kappa shape index (κ3) is 4.85. The van der Waals surface area contributed by atoms with Crippen molar-refractivity contribution in [2.24, 2.45) is 0 Å². The lowest BCUT2D eigenvalue weighted by Gasteiger charge is -2.21. The first-order valence-electron chi connectivity index (χ1n) is 12.1. The van der Waals surface area contributed by atoms with E-state index in [1.165, 1.54) is 33.4 Å². The number of hydrogen-bond acceptors (Lipinski definition) is 0. The molecule has 0 saturated heterocycles. The maximum Gasteiger partial charge on any atom is -0.0106 e. The molecule has 0 nitrogen and oxygen atoms in total. The predicted molar refractivity (Wildman–Crippen MR) is 138 cm³/mol. The molecule has 1 aliphatic rings. The van der Waals surface area contributed by atoms with Crippen LogP contribution in [0, 0.1) is 0 Å². The van der Waals surface area contributed by atoms with Crippen LogP contribution in [-0.2, 0) is 6.42 Å². The molecule has 0 aromatic heterocycles. The molecule has 0 amide bonds. The SMILES string of the molecule is C=CC/C(CCc1ccccc1)=C1\C(CC)=C(CC)C(CC)=C(CC)c2ccccc21. The molecule has 0 spiro atoms. The molecular formula is C31H38. The third-order valence-corrected chi connectivity index (χ3v) is 6.63. The number of fused-ring (bicyclic) bond motifs is 1. The van der Waals surface area contributed by atoms with Crippen molar-refractivity contribution >= 4 is 11.1 Å². The van der Waals surface area contributed by atoms with Crippen LogP contribution in [0.1, 0.15) is 82.9 Å². The lowest BCUT2D eigenvalue weighted by atomic mass is 9.83. The van der Waals surface area contributed by atoms with Gasteiger partial charge in [0.1, 0.15) is 0 Å². The van der Waals surface area contributed by atoms with E-state index in [9.17, 15) is 0 Å². The monoisotopic (exact) mass is 410 g/mol. The Bertz CT molecular complexity index is 995. The number of hydrogen-bond donors (Lipinski definition) is 0. The van der Waals surface area contributed by atoms with Gasteiger partial charge in [0.2, 0.25) is 0 Å². The van der Waals surface area contributed by atoms with Gasteiger partial charge in [0.25, 0.3) is 0 Å². The van der Waals surface area contributed by atoms with Gasteiger partial charge in [-0.25, -0.2) is 0 Å². The summed E-state index contributed by atoms with van der Waals surface area (Å²) in [6, 6.07) is 20.0. The summed E-state index contributed by atoms with van der Waals surface area (Å²) >= 11 is 0. The summed E-state index contributed by atoms with van der Waals surface area (Å²) in [4.78, 5) is 0. The van der Waals surface area contributed by atoms with E-state index in [-0.39, 0.29) is 0 Å². The maximum absolute atomic E-state index is 4.12. The fourth-order valence-electron chi connectivity index (χ4n) is 5.30. The van der Waals surface area contributed by atoms with Crippen LogP contribution < -0.4 is 0 Å². The molecule has 162 valence electrons. The molecule has 2 aromatic rings. The van der Waals surface area contributed by atoms with Gasteiger partial charge >= 0.3 is 0 Å². The molecule has 0 saturated carbocycles. The van der Waals surface area contributed by atoms with Crippen LogP contribution in [0.3, 0.4) is 0 Å². The van der Waals surface area contributed by atoms with Crippen LogP contribution >= 0.6 is 0 Å². The second-order valence-electron chi connectivity index (χ2n) is 8.33. The summed E-state index contributed by atoms with van der Waals surface area (Å²) in [5.74, 6) is 0. The average molecular weight is 411 g/mol. The summed E-state index contributed by atoms with van der Waals surface area (Å²) < 4.78 is 0. The van der Waals surface area contributed by atoms with E-state index < -0.39 is 0 Å². The minimum Gasteiger partial charge on any atom is -0.103 e. The van der Waals surface area contributed by atoms with Gasteiger partial charge in [0.05, 0.1) is 0 Å². The van der Waals surface area contributed by atoms with E-state index in [0.29, 0.717) is 0 Å². The Kier molecular flexibility index (Phi) is 8.29. The molecule has 0 bridgehead atoms. The number of aryl methyl sites for hydroxylation is 1. The third-order valence-electron chi connectivity index (χ3n) is 6.63. The molecule has 0 heterocycles. The zero-order chi connectivity index (χ0) is 22.2. The molecule has 0 fully saturated rings. The lowest BCUT2D eigenvalue weighted by Crippen LogP contribution is -2.01. The Hall–Kier alpha value is -2.60. The predicted octanol–water partition coefficient (Wildman–Crippen LogP) is 9.35. The van der Waals surface area contributed by atoms with E-state index in [0.717, 1.165) is 44.9 Å². The van der Waals surface area contributed by atoms with Crippen LogP contribution in [0.5, 0.6) is 0 Å². The van der Waals surface area contributed by atoms with Crippen molar-refractivity contribution in [3.63, 3.8) is 0 Å². The minimum absolute atomic E-state index is 0.944. The van der Waals surface area contributed by atoms with E-state index in [2.05, 4.69) is 94.9 Å². The minimum atomic E-state index is 0.944. The summed E-state index contributed by atoms with van der Waals surface area (Å²) in [6.45, 7) is 13.4. The first-order valence-corrected chi connectivity index (χ1v) is 12.1. The molecule has 3 rings (SSSR count). The molecule has 2 aromatic carbocycles. The standard InChI is InChI=1S/C31H38/c1-6-16-24(22-21-23-17-12-11-13-18-23)31-28(10-5)26(8-3)25(7-2)27(9-4)29-19-14-15-20-30(29)31/h6,11-15,17-20H,1,7-10,16,21-22H2,2-5H3/b31-24-. The Morgan fingerprint density at radius 3 is 1.81 bits per heavy atom. The van der Waals surface area contributed by atoms with Gasteiger partial charge in [-0.2, -0.15) is 0 Å². The molecule has 0 N–H and O–H groups in total. The molecule has 0 atom stereocenters. The fraction of sp³-hybridized carbons (Fsp3) is 0.355. The van der Waals surface area contributed by atoms with Crippen molar-refractivity contribution in [2.75, 3.05) is 0 Å². The first kappa shape index (κ1) is 23.1. The van der Waals surface area contributed by atoms with E-state index in [4.69, 9.17) is 0 Å². The zero-order valence-corrected chi connectivity index (χ0v) is 19.9. The highest BCUT2D eigenvalue weighted by Gasteiger charge is 2.25. The summed E-state index contributed by atoms with van der Waals surface area (Å²) in [5.41, 5.74) is 13.5. The summed E-state index contributed by atoms with van der Waals surface area (Å²) in [5, 5.41) is 0. The topological polar surface area (TPSA) is 0 Å². The normalized spacial score (nSPS) is 15.6. The average Bonchev–Trinajstić information content (AvgIpc) is 2.93. The van der Waals surface area contributed by atoms with Gasteiger partial charge in [0, 0.05) is 0 Å². The van der Waals surface area contributed by atoms with Gasteiger partial charge < -0.3 is 0 Å². The molecular weight excluding hydrogens is 372 g/mol. The van der Waals surface area contributed by atoms with E-state index in [1.54, 1.807) is 16.7 Å². The Labute approximate surface area is 190 Å². The Morgan fingerprint density at radius 2 is 1.23 bits per heavy atom. The highest BCUT2D eigenvalue weighted by molar-refractivity contribution is 5.93. The zero-order valence-electron chi connectivity index (χ0n) is 19.9. The second-order valence-corrected chi connectivity index (χ2v) is 8.33. The fourth-order valence-corrected chi connectivity index (χ4v) is 5.30. The van der Waals surface area contributed by atoms with Gasteiger partial charge in [-0.15, -0.1) is 6.58 Å². The van der Waals surface area contributed by atoms with Crippen molar-refractivity contribution in [3.8, 4) is 0 Å². The summed E-state index contributed by atoms with van der Waals surface area (Å²) in [6.07, 6.45) is 9.51. The highest BCUT2D eigenvalue weighted by atomic mass is 14.3. The van der Waals surface area contributed by atoms with Crippen LogP contribution in [0.15, 0.2) is 89.5 Å². The molecule has 1 aliphatic carbocycles. The van der Waals surface area contributed by atoms with Crippen molar-refractivity contribution in [1.82, 2.24) is 0 Å². The molecule has 0 unspecified atom stereocenters. The number of benzene rings is 2. The van der Waals surface area contributed by atoms with Crippen LogP contribution in [0.25, 0.3) is 11.1 Å². The highest BCUT2D eigenvalue weighted by Crippen LogP contribution is 2.46. The molecule has 0 radical (unpaired) electrons. The molecule has 0 heteroatoms.